The number of alkyl carbamates (subject to hydrolysis) is 1. The number of carbonyl (C=O) groups is 1. The maximum Gasteiger partial charge on any atom is 0.407 e. The summed E-state index contributed by atoms with van der Waals surface area (Å²) in [6, 6.07) is 11.8. The summed E-state index contributed by atoms with van der Waals surface area (Å²) in [6.07, 6.45) is 4.79. The highest BCUT2D eigenvalue weighted by Crippen LogP contribution is 2.43. The summed E-state index contributed by atoms with van der Waals surface area (Å²) in [5.74, 6) is 0.945. The smallest absolute Gasteiger partial charge is 0.407 e. The Bertz CT molecular complexity index is 1420. The first-order valence-electron chi connectivity index (χ1n) is 14.3. The predicted octanol–water partition coefficient (Wildman–Crippen LogP) is 4.53. The van der Waals surface area contributed by atoms with Gasteiger partial charge in [0.05, 0.1) is 21.1 Å². The van der Waals surface area contributed by atoms with Crippen LogP contribution in [0.1, 0.15) is 46.5 Å². The highest BCUT2D eigenvalue weighted by Gasteiger charge is 2.61. The van der Waals surface area contributed by atoms with Crippen molar-refractivity contribution in [3.8, 4) is 10.6 Å². The van der Waals surface area contributed by atoms with Crippen molar-refractivity contribution in [1.29, 1.82) is 0 Å². The fourth-order valence-corrected chi connectivity index (χ4v) is 7.70. The normalized spacial score (nSPS) is 24.9. The number of nitrogens with zero attached hydrogens (tertiary/aromatic N) is 4. The topological polar surface area (TPSA) is 60.7 Å². The fourth-order valence-electron chi connectivity index (χ4n) is 6.64. The number of piperidine rings is 1. The average molecular weight is 533 g/mol. The number of anilines is 2. The molecule has 4 aliphatic heterocycles. The monoisotopic (exact) mass is 532 g/mol. The Labute approximate surface area is 228 Å². The third-order valence-electron chi connectivity index (χ3n) is 8.60. The maximum absolute atomic E-state index is 12.3. The lowest BCUT2D eigenvalue weighted by molar-refractivity contribution is 0.0517. The van der Waals surface area contributed by atoms with Gasteiger partial charge in [-0.3, -0.25) is 0 Å². The number of benzene rings is 2. The van der Waals surface area contributed by atoms with E-state index in [4.69, 9.17) is 9.72 Å². The first kappa shape index (κ1) is 24.2. The summed E-state index contributed by atoms with van der Waals surface area (Å²) in [5, 5.41) is 4.36. The zero-order chi connectivity index (χ0) is 26.0. The molecule has 1 saturated carbocycles. The first-order valence-corrected chi connectivity index (χ1v) is 15.1. The molecule has 2 atom stereocenters. The second-order valence-corrected chi connectivity index (χ2v) is 13.6. The van der Waals surface area contributed by atoms with Crippen molar-refractivity contribution in [2.45, 2.75) is 58.1 Å². The summed E-state index contributed by atoms with van der Waals surface area (Å²) in [7, 11) is 0. The van der Waals surface area contributed by atoms with Crippen LogP contribution in [0.5, 0.6) is 0 Å². The van der Waals surface area contributed by atoms with Gasteiger partial charge in [0.2, 0.25) is 5.36 Å². The predicted molar refractivity (Wildman–Crippen MR) is 154 cm³/mol. The van der Waals surface area contributed by atoms with Crippen molar-refractivity contribution in [3.63, 3.8) is 0 Å². The second-order valence-electron chi connectivity index (χ2n) is 12.5. The molecular weight excluding hydrogens is 494 g/mol. The fraction of sp³-hybridized carbons (Fsp3) is 0.567. The lowest BCUT2D eigenvalue weighted by Crippen LogP contribution is -2.40. The quantitative estimate of drug-likeness (QED) is 0.397. The Morgan fingerprint density at radius 1 is 0.974 bits per heavy atom. The Balaban J connectivity index is 1.24. The number of aromatic nitrogens is 1. The van der Waals surface area contributed by atoms with Crippen LogP contribution < -0.4 is 25.0 Å². The lowest BCUT2D eigenvalue weighted by atomic mass is 10.2. The Hall–Kier alpha value is -2.87. The van der Waals surface area contributed by atoms with Gasteiger partial charge in [-0.1, -0.05) is 0 Å². The summed E-state index contributed by atoms with van der Waals surface area (Å²) in [5.41, 5.74) is 4.36. The molecule has 3 saturated heterocycles. The van der Waals surface area contributed by atoms with Gasteiger partial charge < -0.3 is 19.9 Å². The van der Waals surface area contributed by atoms with E-state index in [1.165, 1.54) is 52.0 Å². The Morgan fingerprint density at radius 3 is 2.29 bits per heavy atom. The molecule has 6 aliphatic rings. The molecule has 8 heteroatoms. The minimum absolute atomic E-state index is 0.217. The zero-order valence-electron chi connectivity index (χ0n) is 22.7. The molecule has 2 unspecified atom stereocenters. The van der Waals surface area contributed by atoms with Crippen LogP contribution in [0.3, 0.4) is 0 Å². The Kier molecular flexibility index (Phi) is 5.80. The second kappa shape index (κ2) is 9.11. The zero-order valence-corrected chi connectivity index (χ0v) is 23.5. The van der Waals surface area contributed by atoms with E-state index in [2.05, 4.69) is 50.0 Å². The van der Waals surface area contributed by atoms with E-state index < -0.39 is 5.60 Å². The summed E-state index contributed by atoms with van der Waals surface area (Å²) in [6.45, 7) is 12.2. The van der Waals surface area contributed by atoms with Crippen LogP contribution in [0.15, 0.2) is 30.3 Å². The molecule has 1 amide bonds. The van der Waals surface area contributed by atoms with Crippen LogP contribution in [0.25, 0.3) is 20.8 Å². The van der Waals surface area contributed by atoms with Crippen LogP contribution in [0, 0.1) is 11.8 Å². The van der Waals surface area contributed by atoms with Crippen LogP contribution in [-0.4, -0.2) is 62.0 Å². The van der Waals surface area contributed by atoms with Gasteiger partial charge >= 0.3 is 6.09 Å². The van der Waals surface area contributed by atoms with Gasteiger partial charge in [0, 0.05) is 55.5 Å². The molecule has 2 aliphatic carbocycles. The van der Waals surface area contributed by atoms with Crippen molar-refractivity contribution in [2.75, 3.05) is 49.1 Å². The van der Waals surface area contributed by atoms with Crippen molar-refractivity contribution >= 4 is 39.0 Å². The number of carbonyl (C=O) groups excluding carboxylic acids is 1. The van der Waals surface area contributed by atoms with Crippen molar-refractivity contribution in [3.05, 3.63) is 35.7 Å². The molecule has 0 aromatic heterocycles. The van der Waals surface area contributed by atoms with E-state index in [0.29, 0.717) is 11.8 Å². The minimum Gasteiger partial charge on any atom is -0.444 e. The number of ether oxygens (including phenoxy) is 1. The van der Waals surface area contributed by atoms with Gasteiger partial charge in [-0.2, -0.15) is 0 Å². The number of fused-ring (bicyclic) bond motifs is 3. The molecule has 1 N–H and O–H groups in total. The molecule has 1 aromatic carbocycles. The molecule has 1 aromatic rings. The number of hydrogen-bond donors (Lipinski definition) is 1. The summed E-state index contributed by atoms with van der Waals surface area (Å²) in [4.78, 5) is 23.9. The lowest BCUT2D eigenvalue weighted by Gasteiger charge is -2.20. The van der Waals surface area contributed by atoms with E-state index in [0.717, 1.165) is 50.5 Å². The summed E-state index contributed by atoms with van der Waals surface area (Å²) < 4.78 is 9.27. The van der Waals surface area contributed by atoms with E-state index >= 15 is 0 Å². The standard InChI is InChI=1S/C30H37N5O2S/c1-30(2,3)37-29(36)32-27-21-17-35(18-22(21)27)24-14-20(34-12-6-7-13-34)16-26-28(24)31-23-9-8-19(15-25(23)38-26)33-10-4-5-11-33/h8-9,14-16,21-22,27H,4-7,10-13,17-18H2,1-3H3/p+1. The van der Waals surface area contributed by atoms with Crippen LogP contribution >= 0.6 is 11.3 Å². The number of amides is 1. The molecule has 4 fully saturated rings. The highest BCUT2D eigenvalue weighted by molar-refractivity contribution is 7.21. The van der Waals surface area contributed by atoms with Gasteiger partial charge in [-0.15, -0.1) is 11.3 Å². The molecule has 200 valence electrons. The number of nitrogens with one attached hydrogen (secondary N) is 1. The minimum atomic E-state index is -0.472. The van der Waals surface area contributed by atoms with Gasteiger partial charge in [0.1, 0.15) is 18.7 Å². The molecule has 0 spiro atoms. The number of rotatable bonds is 3. The molecule has 4 heterocycles. The van der Waals surface area contributed by atoms with Crippen LogP contribution in [0.2, 0.25) is 0 Å². The SMILES string of the molecule is CC(C)(C)OC(=O)NC1C2C[N+](=c3cc(N4CCCC4)cc4sc5cc(N6CCCC6)ccc5nc3-4)CC21. The van der Waals surface area contributed by atoms with Crippen molar-refractivity contribution in [1.82, 2.24) is 14.9 Å². The highest BCUT2D eigenvalue weighted by atomic mass is 32.1. The largest absolute Gasteiger partial charge is 0.444 e. The van der Waals surface area contributed by atoms with Gasteiger partial charge in [0.25, 0.3) is 0 Å². The molecule has 0 radical (unpaired) electrons. The van der Waals surface area contributed by atoms with E-state index in [1.807, 2.05) is 32.1 Å². The van der Waals surface area contributed by atoms with Gasteiger partial charge in [0.15, 0.2) is 5.69 Å². The molecular formula is C30H38N5O2S+. The first-order chi connectivity index (χ1) is 18.3. The molecule has 7 rings (SSSR count). The summed E-state index contributed by atoms with van der Waals surface area (Å²) >= 11 is 1.88. The Morgan fingerprint density at radius 2 is 1.63 bits per heavy atom. The third kappa shape index (κ3) is 4.51. The van der Waals surface area contributed by atoms with E-state index in [-0.39, 0.29) is 12.1 Å². The van der Waals surface area contributed by atoms with Gasteiger partial charge in [-0.05, 0) is 70.7 Å². The average Bonchev–Trinajstić information content (AvgIpc) is 3.46. The number of hydrogen-bond acceptors (Lipinski definition) is 6. The van der Waals surface area contributed by atoms with Crippen LogP contribution in [0.4, 0.5) is 16.2 Å². The third-order valence-corrected chi connectivity index (χ3v) is 9.67. The molecule has 0 bridgehead atoms. The van der Waals surface area contributed by atoms with Crippen molar-refractivity contribution < 1.29 is 9.53 Å². The van der Waals surface area contributed by atoms with Crippen LogP contribution in [-0.2, 0) is 4.74 Å². The van der Waals surface area contributed by atoms with E-state index in [1.54, 1.807) is 0 Å². The molecule has 7 nitrogen and oxygen atoms in total. The van der Waals surface area contributed by atoms with Gasteiger partial charge in [-0.25, -0.2) is 14.4 Å². The maximum atomic E-state index is 12.3. The van der Waals surface area contributed by atoms with E-state index in [9.17, 15) is 4.79 Å². The molecule has 38 heavy (non-hydrogen) atoms. The van der Waals surface area contributed by atoms with Crippen molar-refractivity contribution in [2.24, 2.45) is 11.8 Å².